The Morgan fingerprint density at radius 1 is 1.11 bits per heavy atom. The molecule has 0 fully saturated rings. The number of nitrogens with zero attached hydrogens (tertiary/aromatic N) is 4. The second-order valence-corrected chi connectivity index (χ2v) is 4.85. The highest BCUT2D eigenvalue weighted by atomic mass is 16.5. The number of azo groups is 1. The molecule has 6 nitrogen and oxygen atoms in total. The number of ether oxygens (including phenoxy) is 1. The first kappa shape index (κ1) is 18.9. The van der Waals surface area contributed by atoms with E-state index in [4.69, 9.17) is 15.6 Å². The fourth-order valence-electron chi connectivity index (χ4n) is 0.536. The first-order valence-electron chi connectivity index (χ1n) is 5.54. The molecule has 0 aromatic carbocycles. The third-order valence-corrected chi connectivity index (χ3v) is 1.51. The van der Waals surface area contributed by atoms with Gasteiger partial charge in [0.25, 0.3) is 0 Å². The van der Waals surface area contributed by atoms with Crippen LogP contribution in [0, 0.1) is 22.7 Å². The normalized spacial score (nSPS) is 13.2. The van der Waals surface area contributed by atoms with Crippen molar-refractivity contribution in [2.24, 2.45) is 10.2 Å². The van der Waals surface area contributed by atoms with E-state index in [0.717, 1.165) is 0 Å². The molecule has 0 aromatic heterocycles. The summed E-state index contributed by atoms with van der Waals surface area (Å²) in [7, 11) is 1.56. The summed E-state index contributed by atoms with van der Waals surface area (Å²) in [5, 5.41) is 33.1. The van der Waals surface area contributed by atoms with Crippen molar-refractivity contribution in [3.05, 3.63) is 0 Å². The number of aliphatic hydroxyl groups excluding tert-OH is 1. The van der Waals surface area contributed by atoms with Crippen molar-refractivity contribution in [3.63, 3.8) is 0 Å². The van der Waals surface area contributed by atoms with E-state index in [1.54, 1.807) is 41.7 Å². The van der Waals surface area contributed by atoms with Crippen LogP contribution in [-0.2, 0) is 4.74 Å². The predicted molar refractivity (Wildman–Crippen MR) is 67.8 cm³/mol. The summed E-state index contributed by atoms with van der Waals surface area (Å²) in [6, 6.07) is 3.94. The molecule has 0 spiro atoms. The number of hydrogen-bond acceptors (Lipinski definition) is 6. The van der Waals surface area contributed by atoms with Crippen LogP contribution in [0.15, 0.2) is 10.2 Å². The fourth-order valence-corrected chi connectivity index (χ4v) is 0.536. The molecule has 1 N–H and O–H groups in total. The lowest BCUT2D eigenvalue weighted by Gasteiger charge is -2.11. The Labute approximate surface area is 109 Å². The predicted octanol–water partition coefficient (Wildman–Crippen LogP) is 2.06. The molecule has 18 heavy (non-hydrogen) atoms. The van der Waals surface area contributed by atoms with Crippen LogP contribution >= 0.6 is 0 Å². The summed E-state index contributed by atoms with van der Waals surface area (Å²) >= 11 is 0. The molecule has 0 saturated carbocycles. The van der Waals surface area contributed by atoms with Crippen LogP contribution in [0.5, 0.6) is 0 Å². The molecule has 102 valence electrons. The van der Waals surface area contributed by atoms with Crippen molar-refractivity contribution in [2.45, 2.75) is 51.8 Å². The fraction of sp³-hybridized carbons (Fsp3) is 0.833. The highest BCUT2D eigenvalue weighted by Gasteiger charge is 2.19. The summed E-state index contributed by atoms with van der Waals surface area (Å²) in [5.41, 5.74) is -1.68. The summed E-state index contributed by atoms with van der Waals surface area (Å²) in [6.07, 6.45) is -0.324. The number of rotatable bonds is 4. The molecule has 0 aliphatic heterocycles. The van der Waals surface area contributed by atoms with Gasteiger partial charge in [-0.15, -0.1) is 0 Å². The first-order valence-corrected chi connectivity index (χ1v) is 5.54. The van der Waals surface area contributed by atoms with Crippen molar-refractivity contribution in [2.75, 3.05) is 13.7 Å². The van der Waals surface area contributed by atoms with E-state index in [-0.39, 0.29) is 6.10 Å². The zero-order chi connectivity index (χ0) is 14.8. The molecule has 0 heterocycles. The smallest absolute Gasteiger partial charge is 0.162 e. The molecule has 1 unspecified atom stereocenters. The minimum atomic E-state index is -0.839. The van der Waals surface area contributed by atoms with Crippen molar-refractivity contribution in [1.82, 2.24) is 0 Å². The molecule has 1 atom stereocenters. The van der Waals surface area contributed by atoms with Crippen molar-refractivity contribution >= 4 is 0 Å². The van der Waals surface area contributed by atoms with E-state index in [0.29, 0.717) is 6.61 Å². The Hall–Kier alpha value is -1.50. The van der Waals surface area contributed by atoms with Gasteiger partial charge in [0, 0.05) is 7.11 Å². The number of nitriles is 2. The van der Waals surface area contributed by atoms with Gasteiger partial charge in [-0.2, -0.15) is 20.8 Å². The SMILES string of the molecule is CC(C)(C#N)N=NC(C)(C)C#N.COCC(C)O. The van der Waals surface area contributed by atoms with Gasteiger partial charge in [0.05, 0.1) is 24.8 Å². The van der Waals surface area contributed by atoms with Gasteiger partial charge in [0.15, 0.2) is 11.1 Å². The average Bonchev–Trinajstić information content (AvgIpc) is 2.28. The molecule has 0 saturated heterocycles. The minimum absolute atomic E-state index is 0.324. The molecule has 0 aliphatic carbocycles. The van der Waals surface area contributed by atoms with E-state index < -0.39 is 11.1 Å². The minimum Gasteiger partial charge on any atom is -0.391 e. The van der Waals surface area contributed by atoms with Gasteiger partial charge >= 0.3 is 0 Å². The molecule has 0 radical (unpaired) electrons. The second kappa shape index (κ2) is 8.57. The first-order chi connectivity index (χ1) is 8.10. The van der Waals surface area contributed by atoms with Crippen LogP contribution < -0.4 is 0 Å². The van der Waals surface area contributed by atoms with E-state index in [9.17, 15) is 0 Å². The summed E-state index contributed by atoms with van der Waals surface area (Å²) < 4.78 is 4.55. The Morgan fingerprint density at radius 2 is 1.44 bits per heavy atom. The Balaban J connectivity index is 0. The maximum Gasteiger partial charge on any atom is 0.162 e. The van der Waals surface area contributed by atoms with E-state index in [2.05, 4.69) is 15.0 Å². The number of aliphatic hydroxyl groups is 1. The van der Waals surface area contributed by atoms with Crippen molar-refractivity contribution in [3.8, 4) is 12.1 Å². The monoisotopic (exact) mass is 254 g/mol. The molecule has 0 aliphatic rings. The Kier molecular flexibility index (Phi) is 8.98. The van der Waals surface area contributed by atoms with Crippen LogP contribution in [-0.4, -0.2) is 36.0 Å². The number of methoxy groups -OCH3 is 1. The molecule has 0 bridgehead atoms. The summed E-state index contributed by atoms with van der Waals surface area (Å²) in [6.45, 7) is 8.69. The number of hydrogen-bond donors (Lipinski definition) is 1. The van der Waals surface area contributed by atoms with Gasteiger partial charge < -0.3 is 9.84 Å². The van der Waals surface area contributed by atoms with Gasteiger partial charge in [0.2, 0.25) is 0 Å². The lowest BCUT2D eigenvalue weighted by atomic mass is 10.1. The quantitative estimate of drug-likeness (QED) is 0.775. The van der Waals surface area contributed by atoms with Crippen molar-refractivity contribution in [1.29, 1.82) is 10.5 Å². The third kappa shape index (κ3) is 12.6. The standard InChI is InChI=1S/C8H12N4.C4H10O2/c1-7(2,5-9)11-12-8(3,4)6-10;1-4(5)3-6-2/h1-4H3;4-5H,3H2,1-2H3. The Bertz CT molecular complexity index is 307. The molecule has 0 amide bonds. The van der Waals surface area contributed by atoms with Crippen LogP contribution in [0.1, 0.15) is 34.6 Å². The maximum atomic E-state index is 8.58. The molecule has 0 aromatic rings. The van der Waals surface area contributed by atoms with Crippen LogP contribution in [0.2, 0.25) is 0 Å². The topological polar surface area (TPSA) is 102 Å². The van der Waals surface area contributed by atoms with Gasteiger partial charge in [0.1, 0.15) is 0 Å². The van der Waals surface area contributed by atoms with E-state index >= 15 is 0 Å². The van der Waals surface area contributed by atoms with E-state index in [1.807, 2.05) is 12.1 Å². The van der Waals surface area contributed by atoms with Gasteiger partial charge in [-0.3, -0.25) is 0 Å². The lowest BCUT2D eigenvalue weighted by Crippen LogP contribution is -2.17. The maximum absolute atomic E-state index is 8.58. The second-order valence-electron chi connectivity index (χ2n) is 4.85. The van der Waals surface area contributed by atoms with E-state index in [1.165, 1.54) is 0 Å². The molecular weight excluding hydrogens is 232 g/mol. The molecule has 6 heteroatoms. The lowest BCUT2D eigenvalue weighted by molar-refractivity contribution is 0.0765. The summed E-state index contributed by atoms with van der Waals surface area (Å²) in [4.78, 5) is 0. The van der Waals surface area contributed by atoms with Crippen molar-refractivity contribution < 1.29 is 9.84 Å². The summed E-state index contributed by atoms with van der Waals surface area (Å²) in [5.74, 6) is 0. The van der Waals surface area contributed by atoms with Crippen LogP contribution in [0.25, 0.3) is 0 Å². The van der Waals surface area contributed by atoms with Crippen LogP contribution in [0.3, 0.4) is 0 Å². The zero-order valence-corrected chi connectivity index (χ0v) is 11.9. The zero-order valence-electron chi connectivity index (χ0n) is 11.9. The molecular formula is C12H22N4O2. The molecule has 0 rings (SSSR count). The average molecular weight is 254 g/mol. The third-order valence-electron chi connectivity index (χ3n) is 1.51. The van der Waals surface area contributed by atoms with Gasteiger partial charge in [-0.25, -0.2) is 0 Å². The van der Waals surface area contributed by atoms with Gasteiger partial charge in [-0.1, -0.05) is 0 Å². The largest absolute Gasteiger partial charge is 0.391 e. The highest BCUT2D eigenvalue weighted by Crippen LogP contribution is 2.13. The highest BCUT2D eigenvalue weighted by molar-refractivity contribution is 5.03. The van der Waals surface area contributed by atoms with Gasteiger partial charge in [-0.05, 0) is 34.6 Å². The van der Waals surface area contributed by atoms with Crippen LogP contribution in [0.4, 0.5) is 0 Å². The Morgan fingerprint density at radius 3 is 1.56 bits per heavy atom.